The zero-order chi connectivity index (χ0) is 18.5. The molecule has 0 aliphatic carbocycles. The monoisotopic (exact) mass is 370 g/mol. The Kier molecular flexibility index (Phi) is 6.71. The third-order valence-electron chi connectivity index (χ3n) is 4.70. The molecule has 0 atom stereocenters. The normalized spacial score (nSPS) is 17.2. The lowest BCUT2D eigenvalue weighted by Gasteiger charge is -2.21. The standard InChI is InChI=1S/C18H30N2O4S/c1-18(2,14-21)10-6-4-3-5-7-15-8-9-17(22)16(13-15)20-12-11-19-25(20,23)24/h8-9,13,19,21-22H,3-7,10-12,14H2,1-2H3. The first-order valence-corrected chi connectivity index (χ1v) is 10.4. The Bertz CT molecular complexity index is 674. The number of benzene rings is 1. The Labute approximate surface area is 151 Å². The summed E-state index contributed by atoms with van der Waals surface area (Å²) in [4.78, 5) is 0. The second kappa shape index (κ2) is 8.38. The summed E-state index contributed by atoms with van der Waals surface area (Å²) in [7, 11) is -3.53. The minimum absolute atomic E-state index is 0.00110. The highest BCUT2D eigenvalue weighted by Gasteiger charge is 2.29. The number of aromatic hydroxyl groups is 1. The van der Waals surface area contributed by atoms with E-state index in [4.69, 9.17) is 0 Å². The van der Waals surface area contributed by atoms with Crippen LogP contribution in [0.15, 0.2) is 18.2 Å². The first kappa shape index (κ1) is 20.0. The largest absolute Gasteiger partial charge is 0.506 e. The summed E-state index contributed by atoms with van der Waals surface area (Å²) >= 11 is 0. The lowest BCUT2D eigenvalue weighted by Crippen LogP contribution is -2.29. The van der Waals surface area contributed by atoms with Gasteiger partial charge in [0.2, 0.25) is 0 Å². The highest BCUT2D eigenvalue weighted by atomic mass is 32.2. The van der Waals surface area contributed by atoms with E-state index >= 15 is 0 Å². The van der Waals surface area contributed by atoms with E-state index in [1.165, 1.54) is 4.31 Å². The van der Waals surface area contributed by atoms with Crippen LogP contribution in [0.1, 0.15) is 51.5 Å². The number of hydrogen-bond acceptors (Lipinski definition) is 4. The Morgan fingerprint density at radius 3 is 2.56 bits per heavy atom. The molecule has 1 aromatic rings. The summed E-state index contributed by atoms with van der Waals surface area (Å²) in [5, 5.41) is 19.3. The Hall–Kier alpha value is -1.31. The summed E-state index contributed by atoms with van der Waals surface area (Å²) in [6.07, 6.45) is 6.23. The number of anilines is 1. The number of hydrogen-bond donors (Lipinski definition) is 3. The van der Waals surface area contributed by atoms with Gasteiger partial charge in [-0.15, -0.1) is 0 Å². The van der Waals surface area contributed by atoms with E-state index < -0.39 is 10.2 Å². The molecular weight excluding hydrogens is 340 g/mol. The number of phenolic OH excluding ortho intramolecular Hbond substituents is 1. The molecule has 6 nitrogen and oxygen atoms in total. The van der Waals surface area contributed by atoms with E-state index in [9.17, 15) is 18.6 Å². The smallest absolute Gasteiger partial charge is 0.301 e. The average molecular weight is 371 g/mol. The van der Waals surface area contributed by atoms with Crippen molar-refractivity contribution >= 4 is 15.9 Å². The van der Waals surface area contributed by atoms with Crippen LogP contribution in [-0.4, -0.2) is 38.3 Å². The molecule has 0 spiro atoms. The molecule has 1 aliphatic heterocycles. The first-order valence-electron chi connectivity index (χ1n) is 8.95. The van der Waals surface area contributed by atoms with Crippen LogP contribution in [0.5, 0.6) is 5.75 Å². The van der Waals surface area contributed by atoms with Gasteiger partial charge in [0.25, 0.3) is 0 Å². The highest BCUT2D eigenvalue weighted by Crippen LogP contribution is 2.31. The fraction of sp³-hybridized carbons (Fsp3) is 0.667. The molecule has 0 bridgehead atoms. The van der Waals surface area contributed by atoms with Crippen LogP contribution in [0, 0.1) is 5.41 Å². The quantitative estimate of drug-likeness (QED) is 0.583. The molecule has 7 heteroatoms. The first-order chi connectivity index (χ1) is 11.7. The summed E-state index contributed by atoms with van der Waals surface area (Å²) in [6.45, 7) is 5.06. The SMILES string of the molecule is CC(C)(CO)CCCCCCc1ccc(O)c(N2CCNS2(=O)=O)c1. The van der Waals surface area contributed by atoms with Gasteiger partial charge in [-0.3, -0.25) is 4.31 Å². The van der Waals surface area contributed by atoms with Crippen LogP contribution in [-0.2, 0) is 16.6 Å². The van der Waals surface area contributed by atoms with Crippen LogP contribution < -0.4 is 9.03 Å². The van der Waals surface area contributed by atoms with Gasteiger partial charge in [0, 0.05) is 19.7 Å². The van der Waals surface area contributed by atoms with Crippen molar-refractivity contribution in [3.8, 4) is 5.75 Å². The number of nitrogens with one attached hydrogen (secondary N) is 1. The zero-order valence-corrected chi connectivity index (χ0v) is 16.0. The van der Waals surface area contributed by atoms with E-state index in [-0.39, 0.29) is 17.8 Å². The van der Waals surface area contributed by atoms with E-state index in [0.717, 1.165) is 44.1 Å². The molecule has 0 radical (unpaired) electrons. The number of nitrogens with zero attached hydrogens (tertiary/aromatic N) is 1. The van der Waals surface area contributed by atoms with Crippen molar-refractivity contribution in [1.29, 1.82) is 0 Å². The van der Waals surface area contributed by atoms with Crippen molar-refractivity contribution in [2.24, 2.45) is 5.41 Å². The molecule has 1 fully saturated rings. The van der Waals surface area contributed by atoms with Gasteiger partial charge in [0.1, 0.15) is 5.75 Å². The number of aryl methyl sites for hydroxylation is 1. The molecule has 1 saturated heterocycles. The minimum atomic E-state index is -3.53. The van der Waals surface area contributed by atoms with Crippen molar-refractivity contribution in [1.82, 2.24) is 4.72 Å². The van der Waals surface area contributed by atoms with Gasteiger partial charge >= 0.3 is 10.2 Å². The number of aliphatic hydroxyl groups excluding tert-OH is 1. The molecule has 1 heterocycles. The molecule has 1 aliphatic rings. The van der Waals surface area contributed by atoms with Crippen LogP contribution in [0.2, 0.25) is 0 Å². The molecule has 0 aromatic heterocycles. The van der Waals surface area contributed by atoms with Crippen LogP contribution in [0.25, 0.3) is 0 Å². The van der Waals surface area contributed by atoms with Gasteiger partial charge in [-0.25, -0.2) is 0 Å². The fourth-order valence-electron chi connectivity index (χ4n) is 3.01. The second-order valence-electron chi connectivity index (χ2n) is 7.53. The Morgan fingerprint density at radius 1 is 1.20 bits per heavy atom. The maximum Gasteiger partial charge on any atom is 0.301 e. The summed E-state index contributed by atoms with van der Waals surface area (Å²) < 4.78 is 27.6. The molecule has 1 aromatic carbocycles. The van der Waals surface area contributed by atoms with Gasteiger partial charge in [0.05, 0.1) is 5.69 Å². The van der Waals surface area contributed by atoms with Gasteiger partial charge in [-0.05, 0) is 42.4 Å². The third kappa shape index (κ3) is 5.59. The van der Waals surface area contributed by atoms with Gasteiger partial charge in [-0.1, -0.05) is 39.2 Å². The van der Waals surface area contributed by atoms with Crippen molar-refractivity contribution in [3.05, 3.63) is 23.8 Å². The molecule has 2 rings (SSSR count). The summed E-state index contributed by atoms with van der Waals surface area (Å²) in [5.41, 5.74) is 1.39. The lowest BCUT2D eigenvalue weighted by molar-refractivity contribution is 0.147. The summed E-state index contributed by atoms with van der Waals surface area (Å²) in [6, 6.07) is 5.20. The maximum absolute atomic E-state index is 11.9. The Morgan fingerprint density at radius 2 is 1.92 bits per heavy atom. The van der Waals surface area contributed by atoms with E-state index in [1.807, 2.05) is 6.07 Å². The number of phenols is 1. The molecule has 3 N–H and O–H groups in total. The van der Waals surface area contributed by atoms with Crippen molar-refractivity contribution in [2.75, 3.05) is 24.0 Å². The molecule has 0 amide bonds. The van der Waals surface area contributed by atoms with Crippen LogP contribution >= 0.6 is 0 Å². The molecule has 0 saturated carbocycles. The van der Waals surface area contributed by atoms with Crippen molar-refractivity contribution in [3.63, 3.8) is 0 Å². The highest BCUT2D eigenvalue weighted by molar-refractivity contribution is 7.91. The molecule has 142 valence electrons. The second-order valence-corrected chi connectivity index (χ2v) is 9.21. The summed E-state index contributed by atoms with van der Waals surface area (Å²) in [5.74, 6) is -0.0118. The van der Waals surface area contributed by atoms with Crippen molar-refractivity contribution in [2.45, 2.75) is 52.4 Å². The Balaban J connectivity index is 1.84. The van der Waals surface area contributed by atoms with Crippen LogP contribution in [0.3, 0.4) is 0 Å². The molecular formula is C18H30N2O4S. The van der Waals surface area contributed by atoms with Gasteiger partial charge in [0.15, 0.2) is 0 Å². The third-order valence-corrected chi connectivity index (χ3v) is 6.22. The van der Waals surface area contributed by atoms with E-state index in [0.29, 0.717) is 18.8 Å². The van der Waals surface area contributed by atoms with Gasteiger partial charge < -0.3 is 10.2 Å². The van der Waals surface area contributed by atoms with Crippen molar-refractivity contribution < 1.29 is 18.6 Å². The average Bonchev–Trinajstić information content (AvgIpc) is 2.91. The lowest BCUT2D eigenvalue weighted by atomic mass is 9.88. The predicted octanol–water partition coefficient (Wildman–Crippen LogP) is 2.56. The topological polar surface area (TPSA) is 89.9 Å². The van der Waals surface area contributed by atoms with Crippen LogP contribution in [0.4, 0.5) is 5.69 Å². The molecule has 25 heavy (non-hydrogen) atoms. The van der Waals surface area contributed by atoms with E-state index in [2.05, 4.69) is 18.6 Å². The zero-order valence-electron chi connectivity index (χ0n) is 15.2. The number of aliphatic hydroxyl groups is 1. The number of rotatable bonds is 9. The minimum Gasteiger partial charge on any atom is -0.506 e. The maximum atomic E-state index is 11.9. The predicted molar refractivity (Wildman–Crippen MR) is 100 cm³/mol. The number of unbranched alkanes of at least 4 members (excludes halogenated alkanes) is 3. The van der Waals surface area contributed by atoms with Gasteiger partial charge in [-0.2, -0.15) is 13.1 Å². The fourth-order valence-corrected chi connectivity index (χ4v) is 4.26. The molecule has 0 unspecified atom stereocenters. The van der Waals surface area contributed by atoms with E-state index in [1.54, 1.807) is 12.1 Å².